The Morgan fingerprint density at radius 2 is 1.90 bits per heavy atom. The van der Waals surface area contributed by atoms with E-state index in [2.05, 4.69) is 26.1 Å². The van der Waals surface area contributed by atoms with Gasteiger partial charge in [-0.2, -0.15) is 5.10 Å². The molecule has 1 fully saturated rings. The van der Waals surface area contributed by atoms with Crippen LogP contribution in [-0.2, 0) is 4.74 Å². The Labute approximate surface area is 174 Å². The second-order valence-electron chi connectivity index (χ2n) is 6.93. The van der Waals surface area contributed by atoms with Gasteiger partial charge in [0.1, 0.15) is 0 Å². The number of benzene rings is 1. The fraction of sp³-hybridized carbons (Fsp3) is 0.273. The molecule has 1 amide bonds. The van der Waals surface area contributed by atoms with Gasteiger partial charge in [-0.15, -0.1) is 11.3 Å². The summed E-state index contributed by atoms with van der Waals surface area (Å²) in [5.41, 5.74) is 6.23. The van der Waals surface area contributed by atoms with Gasteiger partial charge in [0.25, 0.3) is 5.91 Å². The van der Waals surface area contributed by atoms with Crippen LogP contribution < -0.4 is 10.3 Å². The minimum absolute atomic E-state index is 0.207. The average molecular weight is 409 g/mol. The van der Waals surface area contributed by atoms with Crippen LogP contribution in [0.25, 0.3) is 5.69 Å². The quantitative estimate of drug-likeness (QED) is 0.517. The first-order valence-corrected chi connectivity index (χ1v) is 10.5. The standard InChI is InChI=1S/C22H24N4O2S/c1-16-14-20(17(2)26(16)18-6-4-3-5-7-18)22(27)24-23-15-19-8-9-21(29-19)25-10-12-28-13-11-25/h3-9,14-15H,10-13H2,1-2H3,(H,24,27)/b23-15-. The molecule has 0 spiro atoms. The number of hydrogen-bond donors (Lipinski definition) is 1. The number of ether oxygens (including phenoxy) is 1. The minimum Gasteiger partial charge on any atom is -0.378 e. The molecule has 150 valence electrons. The summed E-state index contributed by atoms with van der Waals surface area (Å²) in [7, 11) is 0. The van der Waals surface area contributed by atoms with Crippen molar-refractivity contribution in [2.75, 3.05) is 31.2 Å². The molecule has 1 aliphatic heterocycles. The van der Waals surface area contributed by atoms with Gasteiger partial charge in [0.05, 0.1) is 30.0 Å². The second kappa shape index (κ2) is 8.63. The van der Waals surface area contributed by atoms with Crippen LogP contribution in [-0.4, -0.2) is 43.0 Å². The molecular formula is C22H24N4O2S. The summed E-state index contributed by atoms with van der Waals surface area (Å²) >= 11 is 1.66. The first kappa shape index (κ1) is 19.4. The molecule has 1 N–H and O–H groups in total. The highest BCUT2D eigenvalue weighted by Gasteiger charge is 2.16. The van der Waals surface area contributed by atoms with Crippen LogP contribution in [0.1, 0.15) is 26.6 Å². The second-order valence-corrected chi connectivity index (χ2v) is 8.02. The third-order valence-corrected chi connectivity index (χ3v) is 6.06. The molecule has 0 bridgehead atoms. The molecule has 1 aromatic carbocycles. The number of amides is 1. The Morgan fingerprint density at radius 1 is 1.14 bits per heavy atom. The summed E-state index contributed by atoms with van der Waals surface area (Å²) in [6.45, 7) is 7.29. The van der Waals surface area contributed by atoms with Gasteiger partial charge in [0, 0.05) is 35.0 Å². The van der Waals surface area contributed by atoms with Crippen LogP contribution in [0.3, 0.4) is 0 Å². The van der Waals surface area contributed by atoms with Crippen molar-refractivity contribution in [1.82, 2.24) is 9.99 Å². The molecule has 0 unspecified atom stereocenters. The molecule has 0 atom stereocenters. The lowest BCUT2D eigenvalue weighted by atomic mass is 10.2. The Balaban J connectivity index is 1.43. The lowest BCUT2D eigenvalue weighted by Gasteiger charge is -2.27. The van der Waals surface area contributed by atoms with Gasteiger partial charge in [-0.05, 0) is 44.2 Å². The maximum absolute atomic E-state index is 12.6. The van der Waals surface area contributed by atoms with Gasteiger partial charge >= 0.3 is 0 Å². The van der Waals surface area contributed by atoms with E-state index in [4.69, 9.17) is 4.74 Å². The van der Waals surface area contributed by atoms with Gasteiger partial charge in [0.15, 0.2) is 0 Å². The molecule has 6 nitrogen and oxygen atoms in total. The summed E-state index contributed by atoms with van der Waals surface area (Å²) in [6, 6.07) is 16.0. The van der Waals surface area contributed by atoms with Crippen molar-refractivity contribution in [2.45, 2.75) is 13.8 Å². The zero-order chi connectivity index (χ0) is 20.2. The van der Waals surface area contributed by atoms with E-state index >= 15 is 0 Å². The number of rotatable bonds is 5. The highest BCUT2D eigenvalue weighted by Crippen LogP contribution is 2.25. The number of aromatic nitrogens is 1. The highest BCUT2D eigenvalue weighted by atomic mass is 32.1. The maximum atomic E-state index is 12.6. The third-order valence-electron chi connectivity index (χ3n) is 4.98. The van der Waals surface area contributed by atoms with Crippen molar-refractivity contribution < 1.29 is 9.53 Å². The van der Waals surface area contributed by atoms with Gasteiger partial charge in [-0.3, -0.25) is 4.79 Å². The Bertz CT molecular complexity index is 1020. The predicted molar refractivity (Wildman–Crippen MR) is 118 cm³/mol. The molecule has 0 aliphatic carbocycles. The maximum Gasteiger partial charge on any atom is 0.273 e. The number of aryl methyl sites for hydroxylation is 1. The average Bonchev–Trinajstić information content (AvgIpc) is 3.33. The number of anilines is 1. The van der Waals surface area contributed by atoms with E-state index in [-0.39, 0.29) is 5.91 Å². The zero-order valence-electron chi connectivity index (χ0n) is 16.6. The number of carbonyl (C=O) groups is 1. The van der Waals surface area contributed by atoms with E-state index in [0.717, 1.165) is 48.3 Å². The molecule has 3 aromatic rings. The summed E-state index contributed by atoms with van der Waals surface area (Å²) < 4.78 is 7.47. The SMILES string of the molecule is Cc1cc(C(=O)N/N=C\c2ccc(N3CCOCC3)s2)c(C)n1-c1ccccc1. The van der Waals surface area contributed by atoms with E-state index in [1.54, 1.807) is 17.6 Å². The molecule has 1 aliphatic rings. The molecule has 0 saturated carbocycles. The van der Waals surface area contributed by atoms with Crippen molar-refractivity contribution >= 4 is 28.5 Å². The first-order chi connectivity index (χ1) is 14.1. The van der Waals surface area contributed by atoms with Gasteiger partial charge in [-0.25, -0.2) is 5.43 Å². The molecule has 2 aromatic heterocycles. The van der Waals surface area contributed by atoms with Gasteiger partial charge in [-0.1, -0.05) is 18.2 Å². The molecule has 0 radical (unpaired) electrons. The first-order valence-electron chi connectivity index (χ1n) is 9.64. The van der Waals surface area contributed by atoms with Crippen molar-refractivity contribution in [3.8, 4) is 5.69 Å². The number of para-hydroxylation sites is 1. The number of nitrogens with one attached hydrogen (secondary N) is 1. The molecule has 29 heavy (non-hydrogen) atoms. The lowest BCUT2D eigenvalue weighted by molar-refractivity contribution is 0.0954. The largest absolute Gasteiger partial charge is 0.378 e. The van der Waals surface area contributed by atoms with Crippen LogP contribution in [0.2, 0.25) is 0 Å². The predicted octanol–water partition coefficient (Wildman–Crippen LogP) is 3.76. The molecule has 4 rings (SSSR count). The Morgan fingerprint density at radius 3 is 2.66 bits per heavy atom. The molecule has 7 heteroatoms. The minimum atomic E-state index is -0.207. The van der Waals surface area contributed by atoms with Crippen molar-refractivity contribution in [3.63, 3.8) is 0 Å². The third kappa shape index (κ3) is 4.26. The van der Waals surface area contributed by atoms with Crippen LogP contribution in [0.4, 0.5) is 5.00 Å². The highest BCUT2D eigenvalue weighted by molar-refractivity contribution is 7.17. The monoisotopic (exact) mass is 408 g/mol. The topological polar surface area (TPSA) is 58.9 Å². The Hall–Kier alpha value is -2.90. The zero-order valence-corrected chi connectivity index (χ0v) is 17.4. The van der Waals surface area contributed by atoms with E-state index in [1.807, 2.05) is 56.3 Å². The number of morpholine rings is 1. The van der Waals surface area contributed by atoms with Crippen LogP contribution in [0, 0.1) is 13.8 Å². The number of hydrogen-bond acceptors (Lipinski definition) is 5. The molecule has 3 heterocycles. The lowest BCUT2D eigenvalue weighted by Crippen LogP contribution is -2.35. The number of carbonyl (C=O) groups excluding carboxylic acids is 1. The molecular weight excluding hydrogens is 384 g/mol. The van der Waals surface area contributed by atoms with Gasteiger partial charge in [0.2, 0.25) is 0 Å². The van der Waals surface area contributed by atoms with Gasteiger partial charge < -0.3 is 14.2 Å². The van der Waals surface area contributed by atoms with Crippen LogP contribution >= 0.6 is 11.3 Å². The van der Waals surface area contributed by atoms with E-state index in [1.165, 1.54) is 5.00 Å². The number of nitrogens with zero attached hydrogens (tertiary/aromatic N) is 3. The van der Waals surface area contributed by atoms with Crippen LogP contribution in [0.15, 0.2) is 53.6 Å². The summed E-state index contributed by atoms with van der Waals surface area (Å²) in [6.07, 6.45) is 1.70. The summed E-state index contributed by atoms with van der Waals surface area (Å²) in [4.78, 5) is 16.0. The molecule has 1 saturated heterocycles. The van der Waals surface area contributed by atoms with Crippen molar-refractivity contribution in [1.29, 1.82) is 0 Å². The van der Waals surface area contributed by atoms with E-state index in [9.17, 15) is 4.79 Å². The Kier molecular flexibility index (Phi) is 5.78. The van der Waals surface area contributed by atoms with E-state index in [0.29, 0.717) is 5.56 Å². The van der Waals surface area contributed by atoms with E-state index < -0.39 is 0 Å². The summed E-state index contributed by atoms with van der Waals surface area (Å²) in [5.74, 6) is -0.207. The fourth-order valence-corrected chi connectivity index (χ4v) is 4.48. The fourth-order valence-electron chi connectivity index (χ4n) is 3.55. The number of hydrazone groups is 1. The normalized spacial score (nSPS) is 14.5. The van der Waals surface area contributed by atoms with Crippen molar-refractivity contribution in [2.24, 2.45) is 5.10 Å². The summed E-state index contributed by atoms with van der Waals surface area (Å²) in [5, 5.41) is 5.36. The van der Waals surface area contributed by atoms with Crippen molar-refractivity contribution in [3.05, 3.63) is 70.4 Å². The smallest absolute Gasteiger partial charge is 0.273 e. The number of thiophene rings is 1. The van der Waals surface area contributed by atoms with Crippen LogP contribution in [0.5, 0.6) is 0 Å².